The SMILES string of the molecule is Cc1ccc(CN(C(=O)CCl)C(C(=O)NC2CCCCCC2)c2ccc(F)cc2)cc1. The van der Waals surface area contributed by atoms with Crippen LogP contribution in [0.1, 0.15) is 61.3 Å². The zero-order valence-corrected chi connectivity index (χ0v) is 18.7. The highest BCUT2D eigenvalue weighted by Gasteiger charge is 2.32. The standard InChI is InChI=1S/C25H30ClFN2O2/c1-18-8-10-19(11-9-18)17-29(23(30)16-26)24(20-12-14-21(27)15-13-20)25(31)28-22-6-4-2-3-5-7-22/h8-15,22,24H,2-7,16-17H2,1H3,(H,28,31). The fraction of sp³-hybridized carbons (Fsp3) is 0.440. The molecule has 1 N–H and O–H groups in total. The Hall–Kier alpha value is -2.40. The summed E-state index contributed by atoms with van der Waals surface area (Å²) in [5.41, 5.74) is 2.58. The van der Waals surface area contributed by atoms with Gasteiger partial charge < -0.3 is 10.2 Å². The molecule has 31 heavy (non-hydrogen) atoms. The van der Waals surface area contributed by atoms with Gasteiger partial charge in [-0.05, 0) is 43.0 Å². The number of amides is 2. The molecule has 0 radical (unpaired) electrons. The van der Waals surface area contributed by atoms with E-state index in [1.807, 2.05) is 31.2 Å². The Balaban J connectivity index is 1.92. The second-order valence-electron chi connectivity index (χ2n) is 8.29. The van der Waals surface area contributed by atoms with Crippen LogP contribution in [0.15, 0.2) is 48.5 Å². The maximum atomic E-state index is 13.6. The van der Waals surface area contributed by atoms with Gasteiger partial charge in [0.25, 0.3) is 0 Å². The third kappa shape index (κ3) is 6.54. The van der Waals surface area contributed by atoms with Gasteiger partial charge in [0.15, 0.2) is 0 Å². The van der Waals surface area contributed by atoms with Crippen molar-refractivity contribution in [2.75, 3.05) is 5.88 Å². The number of alkyl halides is 1. The van der Waals surface area contributed by atoms with E-state index >= 15 is 0 Å². The van der Waals surface area contributed by atoms with Crippen LogP contribution >= 0.6 is 11.6 Å². The van der Waals surface area contributed by atoms with Gasteiger partial charge in [-0.1, -0.05) is 67.6 Å². The molecule has 166 valence electrons. The second-order valence-corrected chi connectivity index (χ2v) is 8.56. The van der Waals surface area contributed by atoms with E-state index in [0.29, 0.717) is 5.56 Å². The van der Waals surface area contributed by atoms with Crippen molar-refractivity contribution >= 4 is 23.4 Å². The molecule has 6 heteroatoms. The number of carbonyl (C=O) groups excluding carboxylic acids is 2. The molecule has 2 aromatic carbocycles. The van der Waals surface area contributed by atoms with E-state index in [0.717, 1.165) is 36.8 Å². The zero-order chi connectivity index (χ0) is 22.2. The average molecular weight is 445 g/mol. The summed E-state index contributed by atoms with van der Waals surface area (Å²) in [6.07, 6.45) is 6.39. The Morgan fingerprint density at radius 1 is 1.03 bits per heavy atom. The first-order chi connectivity index (χ1) is 15.0. The van der Waals surface area contributed by atoms with Gasteiger partial charge in [0, 0.05) is 12.6 Å². The monoisotopic (exact) mass is 444 g/mol. The number of rotatable bonds is 7. The molecule has 1 saturated carbocycles. The lowest BCUT2D eigenvalue weighted by Crippen LogP contribution is -2.46. The lowest BCUT2D eigenvalue weighted by molar-refractivity contribution is -0.140. The van der Waals surface area contributed by atoms with Gasteiger partial charge in [0.05, 0.1) is 0 Å². The summed E-state index contributed by atoms with van der Waals surface area (Å²) in [7, 11) is 0. The number of halogens is 2. The van der Waals surface area contributed by atoms with Gasteiger partial charge in [0.2, 0.25) is 11.8 Å². The van der Waals surface area contributed by atoms with Gasteiger partial charge in [-0.2, -0.15) is 0 Å². The summed E-state index contributed by atoms with van der Waals surface area (Å²) < 4.78 is 13.6. The smallest absolute Gasteiger partial charge is 0.247 e. The van der Waals surface area contributed by atoms with Crippen LogP contribution in [0.4, 0.5) is 4.39 Å². The Kier molecular flexibility index (Phi) is 8.47. The zero-order valence-electron chi connectivity index (χ0n) is 17.9. The molecule has 1 fully saturated rings. The third-order valence-corrected chi connectivity index (χ3v) is 6.08. The largest absolute Gasteiger partial charge is 0.351 e. The molecular weight excluding hydrogens is 415 g/mol. The predicted molar refractivity (Wildman–Crippen MR) is 121 cm³/mol. The van der Waals surface area contributed by atoms with Crippen molar-refractivity contribution in [2.45, 2.75) is 64.1 Å². The Morgan fingerprint density at radius 2 is 1.65 bits per heavy atom. The molecule has 1 aliphatic carbocycles. The first-order valence-electron chi connectivity index (χ1n) is 10.9. The van der Waals surface area contributed by atoms with Crippen molar-refractivity contribution in [1.29, 1.82) is 0 Å². The highest BCUT2D eigenvalue weighted by molar-refractivity contribution is 6.27. The fourth-order valence-corrected chi connectivity index (χ4v) is 4.27. The highest BCUT2D eigenvalue weighted by atomic mass is 35.5. The van der Waals surface area contributed by atoms with Crippen LogP contribution in [0.3, 0.4) is 0 Å². The molecule has 1 aliphatic rings. The molecule has 2 aromatic rings. The van der Waals surface area contributed by atoms with Crippen molar-refractivity contribution in [3.63, 3.8) is 0 Å². The molecular formula is C25H30ClFN2O2. The molecule has 4 nitrogen and oxygen atoms in total. The lowest BCUT2D eigenvalue weighted by atomic mass is 10.0. The van der Waals surface area contributed by atoms with Crippen LogP contribution in [0, 0.1) is 12.7 Å². The number of benzene rings is 2. The highest BCUT2D eigenvalue weighted by Crippen LogP contribution is 2.26. The van der Waals surface area contributed by atoms with Crippen LogP contribution in [0.25, 0.3) is 0 Å². The summed E-state index contributed by atoms with van der Waals surface area (Å²) in [4.78, 5) is 27.8. The van der Waals surface area contributed by atoms with Crippen LogP contribution in [-0.4, -0.2) is 28.6 Å². The van der Waals surface area contributed by atoms with Crippen LogP contribution in [0.2, 0.25) is 0 Å². The molecule has 0 saturated heterocycles. The molecule has 0 aliphatic heterocycles. The molecule has 0 spiro atoms. The number of carbonyl (C=O) groups is 2. The van der Waals surface area contributed by atoms with Crippen molar-refractivity contribution < 1.29 is 14.0 Å². The summed E-state index contributed by atoms with van der Waals surface area (Å²) in [6.45, 7) is 2.24. The molecule has 1 unspecified atom stereocenters. The number of nitrogens with one attached hydrogen (secondary N) is 1. The van der Waals surface area contributed by atoms with Crippen LogP contribution in [0.5, 0.6) is 0 Å². The van der Waals surface area contributed by atoms with E-state index in [2.05, 4.69) is 5.32 Å². The van der Waals surface area contributed by atoms with Crippen molar-refractivity contribution in [2.24, 2.45) is 0 Å². The maximum absolute atomic E-state index is 13.6. The quantitative estimate of drug-likeness (QED) is 0.466. The second kappa shape index (κ2) is 11.3. The Morgan fingerprint density at radius 3 is 2.23 bits per heavy atom. The van der Waals surface area contributed by atoms with Gasteiger partial charge in [-0.25, -0.2) is 4.39 Å². The third-order valence-electron chi connectivity index (χ3n) is 5.86. The molecule has 2 amide bonds. The minimum atomic E-state index is -0.878. The van der Waals surface area contributed by atoms with Crippen LogP contribution < -0.4 is 5.32 Å². The summed E-state index contributed by atoms with van der Waals surface area (Å²) in [6, 6.07) is 12.8. The van der Waals surface area contributed by atoms with E-state index in [9.17, 15) is 14.0 Å². The van der Waals surface area contributed by atoms with Gasteiger partial charge in [-0.3, -0.25) is 9.59 Å². The van der Waals surface area contributed by atoms with E-state index < -0.39 is 6.04 Å². The van der Waals surface area contributed by atoms with Gasteiger partial charge >= 0.3 is 0 Å². The fourth-order valence-electron chi connectivity index (χ4n) is 4.11. The topological polar surface area (TPSA) is 49.4 Å². The molecule has 0 heterocycles. The van der Waals surface area contributed by atoms with Crippen LogP contribution in [-0.2, 0) is 16.1 Å². The number of hydrogen-bond donors (Lipinski definition) is 1. The maximum Gasteiger partial charge on any atom is 0.247 e. The van der Waals surface area contributed by atoms with E-state index in [1.165, 1.54) is 29.9 Å². The average Bonchev–Trinajstić information content (AvgIpc) is 3.04. The number of nitrogens with zero attached hydrogens (tertiary/aromatic N) is 1. The first-order valence-corrected chi connectivity index (χ1v) is 11.5. The lowest BCUT2D eigenvalue weighted by Gasteiger charge is -2.32. The number of hydrogen-bond acceptors (Lipinski definition) is 2. The summed E-state index contributed by atoms with van der Waals surface area (Å²) in [5.74, 6) is -1.21. The van der Waals surface area contributed by atoms with Crippen molar-refractivity contribution in [1.82, 2.24) is 10.2 Å². The van der Waals surface area contributed by atoms with E-state index in [-0.39, 0.29) is 36.1 Å². The molecule has 0 aromatic heterocycles. The molecule has 0 bridgehead atoms. The molecule has 3 rings (SSSR count). The summed E-state index contributed by atoms with van der Waals surface area (Å²) in [5, 5.41) is 3.16. The first kappa shape index (κ1) is 23.3. The Labute approximate surface area is 188 Å². The molecule has 1 atom stereocenters. The number of aryl methyl sites for hydroxylation is 1. The van der Waals surface area contributed by atoms with Gasteiger partial charge in [0.1, 0.15) is 17.7 Å². The van der Waals surface area contributed by atoms with Crippen molar-refractivity contribution in [3.05, 3.63) is 71.0 Å². The minimum Gasteiger partial charge on any atom is -0.351 e. The predicted octanol–water partition coefficient (Wildman–Crippen LogP) is 5.28. The van der Waals surface area contributed by atoms with Crippen molar-refractivity contribution in [3.8, 4) is 0 Å². The normalized spacial score (nSPS) is 15.7. The minimum absolute atomic E-state index is 0.0882. The summed E-state index contributed by atoms with van der Waals surface area (Å²) >= 11 is 5.93. The Bertz CT molecular complexity index is 862. The van der Waals surface area contributed by atoms with Gasteiger partial charge in [-0.15, -0.1) is 11.6 Å². The van der Waals surface area contributed by atoms with E-state index in [1.54, 1.807) is 12.1 Å². The van der Waals surface area contributed by atoms with E-state index in [4.69, 9.17) is 11.6 Å².